The van der Waals surface area contributed by atoms with Gasteiger partial charge in [0.2, 0.25) is 0 Å². The van der Waals surface area contributed by atoms with Gasteiger partial charge < -0.3 is 0 Å². The van der Waals surface area contributed by atoms with E-state index in [2.05, 4.69) is 34.3 Å². The van der Waals surface area contributed by atoms with E-state index in [9.17, 15) is 0 Å². The van der Waals surface area contributed by atoms with Crippen LogP contribution in [0.3, 0.4) is 0 Å². The molecule has 0 unspecified atom stereocenters. The molecule has 2 aromatic carbocycles. The van der Waals surface area contributed by atoms with Gasteiger partial charge in [-0.1, -0.05) is 60.7 Å². The van der Waals surface area contributed by atoms with Crippen molar-refractivity contribution in [1.29, 1.82) is 0 Å². The van der Waals surface area contributed by atoms with Crippen molar-refractivity contribution in [3.8, 4) is 0 Å². The van der Waals surface area contributed by atoms with Crippen molar-refractivity contribution in [3.63, 3.8) is 0 Å². The minimum Gasteiger partial charge on any atom is -0.287 e. The van der Waals surface area contributed by atoms with E-state index in [1.165, 1.54) is 0 Å². The fraction of sp³-hybridized carbons (Fsp3) is 0.176. The number of hydrogen-bond donors (Lipinski definition) is 0. The van der Waals surface area contributed by atoms with Gasteiger partial charge in [-0.3, -0.25) is 9.98 Å². The highest BCUT2D eigenvalue weighted by Crippen LogP contribution is 2.28. The predicted molar refractivity (Wildman–Crippen MR) is 80.3 cm³/mol. The first-order chi connectivity index (χ1) is 9.42. The Labute approximate surface area is 113 Å². The molecule has 1 aliphatic rings. The van der Waals surface area contributed by atoms with Crippen molar-refractivity contribution in [2.24, 2.45) is 9.98 Å². The van der Waals surface area contributed by atoms with Crippen LogP contribution in [0.4, 0.5) is 0 Å². The fourth-order valence-electron chi connectivity index (χ4n) is 1.93. The largest absolute Gasteiger partial charge is 0.287 e. The third-order valence-electron chi connectivity index (χ3n) is 3.15. The van der Waals surface area contributed by atoms with Gasteiger partial charge in [-0.2, -0.15) is 0 Å². The van der Waals surface area contributed by atoms with Crippen LogP contribution in [0.25, 0.3) is 0 Å². The molecule has 1 aliphatic carbocycles. The van der Waals surface area contributed by atoms with E-state index in [-0.39, 0.29) is 0 Å². The van der Waals surface area contributed by atoms with Gasteiger partial charge in [0.1, 0.15) is 0 Å². The third kappa shape index (κ3) is 3.38. The third-order valence-corrected chi connectivity index (χ3v) is 3.15. The van der Waals surface area contributed by atoms with Crippen LogP contribution >= 0.6 is 0 Å². The number of hydrogen-bond acceptors (Lipinski definition) is 2. The molecular weight excluding hydrogens is 232 g/mol. The summed E-state index contributed by atoms with van der Waals surface area (Å²) >= 11 is 0. The second kappa shape index (κ2) is 5.61. The number of rotatable bonds is 4. The molecule has 3 rings (SSSR count). The van der Waals surface area contributed by atoms with E-state index in [0.29, 0.717) is 12.1 Å². The molecular formula is C17H16N2. The molecule has 19 heavy (non-hydrogen) atoms. The number of benzene rings is 2. The summed E-state index contributed by atoms with van der Waals surface area (Å²) in [5.74, 6) is 0. The molecule has 2 atom stereocenters. The van der Waals surface area contributed by atoms with Gasteiger partial charge in [-0.25, -0.2) is 0 Å². The Morgan fingerprint density at radius 3 is 1.53 bits per heavy atom. The van der Waals surface area contributed by atoms with E-state index in [1.54, 1.807) is 0 Å². The topological polar surface area (TPSA) is 24.7 Å². The average molecular weight is 248 g/mol. The summed E-state index contributed by atoms with van der Waals surface area (Å²) in [5, 5.41) is 0. The van der Waals surface area contributed by atoms with Gasteiger partial charge in [0.15, 0.2) is 0 Å². The lowest BCUT2D eigenvalue weighted by Gasteiger charge is -1.92. The van der Waals surface area contributed by atoms with Crippen molar-refractivity contribution in [2.45, 2.75) is 18.5 Å². The molecule has 0 bridgehead atoms. The van der Waals surface area contributed by atoms with Crippen molar-refractivity contribution < 1.29 is 0 Å². The molecule has 0 amide bonds. The minimum atomic E-state index is 0.361. The molecule has 0 spiro atoms. The maximum atomic E-state index is 4.56. The van der Waals surface area contributed by atoms with Crippen LogP contribution in [0, 0.1) is 0 Å². The van der Waals surface area contributed by atoms with Crippen LogP contribution in [0.15, 0.2) is 70.6 Å². The standard InChI is InChI=1S/C17H16N2/c1-3-7-14(8-4-1)12-18-16-11-17(16)19-13-15-9-5-2-6-10-15/h1-10,12-13,16-17H,11H2/t16-,17-/m0/s1. The normalized spacial score (nSPS) is 22.1. The zero-order valence-corrected chi connectivity index (χ0v) is 10.7. The molecule has 94 valence electrons. The van der Waals surface area contributed by atoms with Gasteiger partial charge >= 0.3 is 0 Å². The summed E-state index contributed by atoms with van der Waals surface area (Å²) in [6.45, 7) is 0. The summed E-state index contributed by atoms with van der Waals surface area (Å²) in [6.07, 6.45) is 4.96. The molecule has 1 fully saturated rings. The molecule has 0 aliphatic heterocycles. The van der Waals surface area contributed by atoms with Crippen LogP contribution in [0.5, 0.6) is 0 Å². The van der Waals surface area contributed by atoms with Crippen molar-refractivity contribution in [3.05, 3.63) is 71.8 Å². The van der Waals surface area contributed by atoms with E-state index in [4.69, 9.17) is 0 Å². The van der Waals surface area contributed by atoms with E-state index < -0.39 is 0 Å². The molecule has 0 heterocycles. The zero-order valence-electron chi connectivity index (χ0n) is 10.7. The second-order valence-electron chi connectivity index (χ2n) is 4.75. The quantitative estimate of drug-likeness (QED) is 0.741. The van der Waals surface area contributed by atoms with Crippen LogP contribution in [-0.2, 0) is 0 Å². The Bertz CT molecular complexity index is 519. The fourth-order valence-corrected chi connectivity index (χ4v) is 1.93. The van der Waals surface area contributed by atoms with Gasteiger partial charge in [0.05, 0.1) is 12.1 Å². The summed E-state index contributed by atoms with van der Waals surface area (Å²) in [5.41, 5.74) is 2.31. The van der Waals surface area contributed by atoms with E-state index in [0.717, 1.165) is 17.5 Å². The zero-order chi connectivity index (χ0) is 12.9. The van der Waals surface area contributed by atoms with Crippen molar-refractivity contribution >= 4 is 12.4 Å². The molecule has 0 aromatic heterocycles. The van der Waals surface area contributed by atoms with Crippen LogP contribution in [0.1, 0.15) is 17.5 Å². The van der Waals surface area contributed by atoms with Gasteiger partial charge in [0, 0.05) is 12.4 Å². The van der Waals surface area contributed by atoms with Gasteiger partial charge in [-0.15, -0.1) is 0 Å². The SMILES string of the molecule is C(=N[C@H]1C[C@@H]1N=Cc1ccccc1)c1ccccc1. The minimum absolute atomic E-state index is 0.361. The Balaban J connectivity index is 1.55. The Kier molecular flexibility index (Phi) is 3.50. The van der Waals surface area contributed by atoms with E-state index >= 15 is 0 Å². The lowest BCUT2D eigenvalue weighted by Crippen LogP contribution is -1.90. The molecule has 0 saturated heterocycles. The summed E-state index contributed by atoms with van der Waals surface area (Å²) < 4.78 is 0. The summed E-state index contributed by atoms with van der Waals surface area (Å²) in [7, 11) is 0. The molecule has 1 saturated carbocycles. The van der Waals surface area contributed by atoms with E-state index in [1.807, 2.05) is 48.8 Å². The summed E-state index contributed by atoms with van der Waals surface area (Å²) in [6, 6.07) is 21.1. The van der Waals surface area contributed by atoms with Gasteiger partial charge in [-0.05, 0) is 17.5 Å². The Morgan fingerprint density at radius 1 is 0.684 bits per heavy atom. The highest BCUT2D eigenvalue weighted by molar-refractivity contribution is 5.81. The van der Waals surface area contributed by atoms with Crippen molar-refractivity contribution in [1.82, 2.24) is 0 Å². The number of aliphatic imine (C=N–C) groups is 2. The first-order valence-corrected chi connectivity index (χ1v) is 6.58. The van der Waals surface area contributed by atoms with Crippen LogP contribution < -0.4 is 0 Å². The van der Waals surface area contributed by atoms with Gasteiger partial charge in [0.25, 0.3) is 0 Å². The lowest BCUT2D eigenvalue weighted by molar-refractivity contribution is 0.971. The molecule has 2 heteroatoms. The Hall–Kier alpha value is -2.22. The van der Waals surface area contributed by atoms with Crippen LogP contribution in [-0.4, -0.2) is 24.5 Å². The molecule has 2 nitrogen and oxygen atoms in total. The highest BCUT2D eigenvalue weighted by atomic mass is 15.0. The Morgan fingerprint density at radius 2 is 1.11 bits per heavy atom. The predicted octanol–water partition coefficient (Wildman–Crippen LogP) is 3.37. The number of nitrogens with zero attached hydrogens (tertiary/aromatic N) is 2. The lowest BCUT2D eigenvalue weighted by atomic mass is 10.2. The maximum absolute atomic E-state index is 4.56. The van der Waals surface area contributed by atoms with Crippen molar-refractivity contribution in [2.75, 3.05) is 0 Å². The summed E-state index contributed by atoms with van der Waals surface area (Å²) in [4.78, 5) is 9.12. The maximum Gasteiger partial charge on any atom is 0.0745 e. The molecule has 0 radical (unpaired) electrons. The smallest absolute Gasteiger partial charge is 0.0745 e. The monoisotopic (exact) mass is 248 g/mol. The molecule has 0 N–H and O–H groups in total. The highest BCUT2D eigenvalue weighted by Gasteiger charge is 2.35. The first-order valence-electron chi connectivity index (χ1n) is 6.58. The van der Waals surface area contributed by atoms with Crippen LogP contribution in [0.2, 0.25) is 0 Å². The first kappa shape index (κ1) is 11.8. The molecule has 2 aromatic rings. The second-order valence-corrected chi connectivity index (χ2v) is 4.75. The average Bonchev–Trinajstić information content (AvgIpc) is 3.24.